The Morgan fingerprint density at radius 1 is 1.28 bits per heavy atom. The molecule has 1 aromatic carbocycles. The number of amides is 2. The standard InChI is InChI=1S/C21H26N2O5S/c1-14-16-13-21(16,22-18(25)28-19(2,3)4)17(24)23(14)29(26,27)20(10-11-20)12-15-8-6-5-7-9-15/h5-9,16H,1,10-13H2,2-4H3,(H,22,25)/t16-,21+/m0/s1. The quantitative estimate of drug-likeness (QED) is 0.794. The second kappa shape index (κ2) is 6.08. The first-order valence-electron chi connectivity index (χ1n) is 9.75. The Labute approximate surface area is 171 Å². The molecule has 0 radical (unpaired) electrons. The molecule has 156 valence electrons. The number of sulfonamides is 1. The first kappa shape index (κ1) is 19.9. The molecule has 0 bridgehead atoms. The van der Waals surface area contributed by atoms with E-state index in [-0.39, 0.29) is 5.70 Å². The second-order valence-corrected chi connectivity index (χ2v) is 11.4. The summed E-state index contributed by atoms with van der Waals surface area (Å²) in [7, 11) is -3.94. The van der Waals surface area contributed by atoms with Gasteiger partial charge in [-0.2, -0.15) is 0 Å². The molecule has 0 unspecified atom stereocenters. The van der Waals surface area contributed by atoms with Crippen LogP contribution in [0.5, 0.6) is 0 Å². The largest absolute Gasteiger partial charge is 0.444 e. The number of piperidine rings is 1. The van der Waals surface area contributed by atoms with Gasteiger partial charge in [-0.15, -0.1) is 0 Å². The van der Waals surface area contributed by atoms with Crippen LogP contribution in [-0.2, 0) is 26.0 Å². The second-order valence-electron chi connectivity index (χ2n) is 9.27. The summed E-state index contributed by atoms with van der Waals surface area (Å²) in [4.78, 5) is 25.4. The van der Waals surface area contributed by atoms with Crippen molar-refractivity contribution in [2.24, 2.45) is 5.92 Å². The maximum absolute atomic E-state index is 13.5. The number of carbonyl (C=O) groups excluding carboxylic acids is 2. The minimum atomic E-state index is -3.94. The van der Waals surface area contributed by atoms with Crippen LogP contribution in [0.15, 0.2) is 42.6 Å². The van der Waals surface area contributed by atoms with Crippen LogP contribution in [0.2, 0.25) is 0 Å². The fourth-order valence-corrected chi connectivity index (χ4v) is 6.29. The number of hydrogen-bond acceptors (Lipinski definition) is 5. The van der Waals surface area contributed by atoms with Gasteiger partial charge in [0, 0.05) is 11.6 Å². The third kappa shape index (κ3) is 3.13. The Morgan fingerprint density at radius 3 is 2.45 bits per heavy atom. The van der Waals surface area contributed by atoms with Crippen molar-refractivity contribution in [2.75, 3.05) is 0 Å². The number of nitrogens with zero attached hydrogens (tertiary/aromatic N) is 1. The normalized spacial score (nSPS) is 27.4. The Morgan fingerprint density at radius 2 is 1.90 bits per heavy atom. The lowest BCUT2D eigenvalue weighted by Gasteiger charge is -2.28. The molecule has 29 heavy (non-hydrogen) atoms. The van der Waals surface area contributed by atoms with Crippen LogP contribution in [-0.4, -0.2) is 40.6 Å². The predicted molar refractivity (Wildman–Crippen MR) is 107 cm³/mol. The minimum Gasteiger partial charge on any atom is -0.444 e. The molecule has 2 saturated carbocycles. The van der Waals surface area contributed by atoms with Gasteiger partial charge in [0.15, 0.2) is 0 Å². The van der Waals surface area contributed by atoms with E-state index in [9.17, 15) is 18.0 Å². The van der Waals surface area contributed by atoms with Crippen LogP contribution in [0, 0.1) is 5.92 Å². The molecule has 8 heteroatoms. The summed E-state index contributed by atoms with van der Waals surface area (Å²) in [5.41, 5.74) is -0.818. The number of rotatable bonds is 5. The van der Waals surface area contributed by atoms with E-state index in [4.69, 9.17) is 4.74 Å². The van der Waals surface area contributed by atoms with Gasteiger partial charge in [-0.3, -0.25) is 4.79 Å². The van der Waals surface area contributed by atoms with E-state index in [1.165, 1.54) is 0 Å². The van der Waals surface area contributed by atoms with Crippen LogP contribution < -0.4 is 5.32 Å². The van der Waals surface area contributed by atoms with Crippen molar-refractivity contribution >= 4 is 22.0 Å². The van der Waals surface area contributed by atoms with E-state index in [2.05, 4.69) is 11.9 Å². The summed E-state index contributed by atoms with van der Waals surface area (Å²) in [6.07, 6.45) is 0.967. The van der Waals surface area contributed by atoms with Gasteiger partial charge in [0.25, 0.3) is 5.91 Å². The lowest BCUT2D eigenvalue weighted by atomic mass is 10.1. The van der Waals surface area contributed by atoms with Gasteiger partial charge in [-0.25, -0.2) is 17.5 Å². The van der Waals surface area contributed by atoms with Crippen molar-refractivity contribution in [3.05, 3.63) is 48.2 Å². The van der Waals surface area contributed by atoms with E-state index in [0.717, 1.165) is 9.87 Å². The average molecular weight is 419 g/mol. The van der Waals surface area contributed by atoms with Crippen molar-refractivity contribution in [2.45, 2.75) is 62.3 Å². The highest BCUT2D eigenvalue weighted by Crippen LogP contribution is 2.60. The van der Waals surface area contributed by atoms with Crippen LogP contribution >= 0.6 is 0 Å². The maximum Gasteiger partial charge on any atom is 0.408 e. The monoisotopic (exact) mass is 418 g/mol. The number of benzene rings is 1. The number of alkyl carbamates (subject to hydrolysis) is 1. The summed E-state index contributed by atoms with van der Waals surface area (Å²) in [6.45, 7) is 9.05. The zero-order valence-corrected chi connectivity index (χ0v) is 17.7. The van der Waals surface area contributed by atoms with Gasteiger partial charge in [0.2, 0.25) is 10.0 Å². The van der Waals surface area contributed by atoms with Crippen molar-refractivity contribution in [3.8, 4) is 0 Å². The number of carbonyl (C=O) groups is 2. The third-order valence-electron chi connectivity index (χ3n) is 5.88. The molecule has 1 N–H and O–H groups in total. The van der Waals surface area contributed by atoms with Crippen LogP contribution in [0.4, 0.5) is 4.79 Å². The van der Waals surface area contributed by atoms with Crippen molar-refractivity contribution in [1.29, 1.82) is 0 Å². The van der Waals surface area contributed by atoms with Gasteiger partial charge in [-0.1, -0.05) is 36.9 Å². The number of nitrogens with one attached hydrogen (secondary N) is 1. The molecule has 1 aliphatic heterocycles. The average Bonchev–Trinajstić information content (AvgIpc) is 3.49. The first-order chi connectivity index (χ1) is 13.4. The van der Waals surface area contributed by atoms with Gasteiger partial charge in [-0.05, 0) is 52.0 Å². The summed E-state index contributed by atoms with van der Waals surface area (Å²) < 4.78 is 32.1. The summed E-state index contributed by atoms with van der Waals surface area (Å²) in [6, 6.07) is 9.39. The molecular weight excluding hydrogens is 392 g/mol. The zero-order valence-electron chi connectivity index (χ0n) is 16.9. The number of ether oxygens (including phenoxy) is 1. The molecule has 2 atom stereocenters. The first-order valence-corrected chi connectivity index (χ1v) is 11.2. The van der Waals surface area contributed by atoms with Gasteiger partial charge in [0.1, 0.15) is 11.1 Å². The Bertz CT molecular complexity index is 992. The van der Waals surface area contributed by atoms with Crippen molar-refractivity contribution in [1.82, 2.24) is 9.62 Å². The number of hydrogen-bond donors (Lipinski definition) is 1. The molecule has 4 rings (SSSR count). The van der Waals surface area contributed by atoms with E-state index in [1.807, 2.05) is 30.3 Å². The van der Waals surface area contributed by atoms with E-state index in [0.29, 0.717) is 25.7 Å². The fraction of sp³-hybridized carbons (Fsp3) is 0.524. The molecule has 0 spiro atoms. The maximum atomic E-state index is 13.5. The van der Waals surface area contributed by atoms with Crippen LogP contribution in [0.3, 0.4) is 0 Å². The molecule has 1 heterocycles. The molecule has 2 amide bonds. The molecular formula is C21H26N2O5S. The molecule has 2 aliphatic carbocycles. The lowest BCUT2D eigenvalue weighted by molar-refractivity contribution is -0.126. The third-order valence-corrected chi connectivity index (χ3v) is 8.41. The summed E-state index contributed by atoms with van der Waals surface area (Å²) >= 11 is 0. The van der Waals surface area contributed by atoms with Gasteiger partial charge < -0.3 is 10.1 Å². The van der Waals surface area contributed by atoms with Crippen LogP contribution in [0.1, 0.15) is 45.6 Å². The van der Waals surface area contributed by atoms with E-state index in [1.54, 1.807) is 20.8 Å². The highest BCUT2D eigenvalue weighted by Gasteiger charge is 2.74. The SMILES string of the molecule is C=C1[C@@H]2C[C@]2(NC(=O)OC(C)(C)C)C(=O)N1S(=O)(=O)C1(Cc2ccccc2)CC1. The zero-order chi connectivity index (χ0) is 21.2. The highest BCUT2D eigenvalue weighted by atomic mass is 32.2. The van der Waals surface area contributed by atoms with Gasteiger partial charge in [0.05, 0.1) is 4.75 Å². The highest BCUT2D eigenvalue weighted by molar-refractivity contribution is 7.91. The fourth-order valence-electron chi connectivity index (χ4n) is 4.12. The van der Waals surface area contributed by atoms with E-state index >= 15 is 0 Å². The number of fused-ring (bicyclic) bond motifs is 1. The van der Waals surface area contributed by atoms with Gasteiger partial charge >= 0.3 is 6.09 Å². The lowest BCUT2D eigenvalue weighted by Crippen LogP contribution is -2.51. The molecule has 7 nitrogen and oxygen atoms in total. The molecule has 3 aliphatic rings. The topological polar surface area (TPSA) is 92.8 Å². The molecule has 1 saturated heterocycles. The smallest absolute Gasteiger partial charge is 0.408 e. The summed E-state index contributed by atoms with van der Waals surface area (Å²) in [5, 5.41) is 2.61. The Balaban J connectivity index is 1.56. The van der Waals surface area contributed by atoms with Crippen LogP contribution in [0.25, 0.3) is 0 Å². The predicted octanol–water partition coefficient (Wildman–Crippen LogP) is 2.73. The minimum absolute atomic E-state index is 0.241. The van der Waals surface area contributed by atoms with E-state index < -0.39 is 43.8 Å². The molecule has 0 aromatic heterocycles. The Hall–Kier alpha value is -2.35. The summed E-state index contributed by atoms with van der Waals surface area (Å²) in [5.74, 6) is -1.04. The molecule has 1 aromatic rings. The van der Waals surface area contributed by atoms with Crippen molar-refractivity contribution < 1.29 is 22.7 Å². The molecule has 3 fully saturated rings. The Kier molecular flexibility index (Phi) is 4.18. The van der Waals surface area contributed by atoms with Crippen molar-refractivity contribution in [3.63, 3.8) is 0 Å².